The van der Waals surface area contributed by atoms with Crippen LogP contribution in [-0.2, 0) is 13.1 Å². The molecule has 3 aromatic rings. The van der Waals surface area contributed by atoms with Gasteiger partial charge in [-0.25, -0.2) is 0 Å². The summed E-state index contributed by atoms with van der Waals surface area (Å²) in [5, 5.41) is 9.87. The summed E-state index contributed by atoms with van der Waals surface area (Å²) < 4.78 is 5.49. The Balaban J connectivity index is 1.84. The summed E-state index contributed by atoms with van der Waals surface area (Å²) in [4.78, 5) is 12.7. The molecule has 3 rings (SSSR count). The molecule has 2 heterocycles. The first-order chi connectivity index (χ1) is 12.4. The van der Waals surface area contributed by atoms with Crippen molar-refractivity contribution in [2.24, 2.45) is 0 Å². The first-order valence-electron chi connectivity index (χ1n) is 8.29. The van der Waals surface area contributed by atoms with Crippen molar-refractivity contribution in [3.05, 3.63) is 62.4 Å². The molecule has 2 N–H and O–H groups in total. The molecule has 0 aliphatic heterocycles. The highest BCUT2D eigenvalue weighted by Gasteiger charge is 2.17. The second kappa shape index (κ2) is 7.59. The van der Waals surface area contributed by atoms with Gasteiger partial charge in [-0.05, 0) is 57.3 Å². The molecular formula is C18H20BrN5OS. The van der Waals surface area contributed by atoms with Crippen LogP contribution >= 0.6 is 28.1 Å². The molecule has 0 atom stereocenters. The van der Waals surface area contributed by atoms with Gasteiger partial charge in [0.25, 0.3) is 5.91 Å². The van der Waals surface area contributed by atoms with Crippen LogP contribution in [0.3, 0.4) is 0 Å². The van der Waals surface area contributed by atoms with Crippen LogP contribution in [0.15, 0.2) is 34.8 Å². The molecule has 0 unspecified atom stereocenters. The summed E-state index contributed by atoms with van der Waals surface area (Å²) >= 11 is 8.67. The zero-order valence-corrected chi connectivity index (χ0v) is 17.2. The number of carbonyl (C=O) groups excluding carboxylic acids is 1. The molecule has 0 saturated heterocycles. The predicted molar refractivity (Wildman–Crippen MR) is 107 cm³/mol. The van der Waals surface area contributed by atoms with Gasteiger partial charge >= 0.3 is 0 Å². The fourth-order valence-electron chi connectivity index (χ4n) is 3.07. The monoisotopic (exact) mass is 433 g/mol. The molecule has 0 spiro atoms. The number of aromatic nitrogens is 4. The van der Waals surface area contributed by atoms with Gasteiger partial charge in [0.2, 0.25) is 0 Å². The second-order valence-electron chi connectivity index (χ2n) is 5.97. The number of hydrogen-bond donors (Lipinski definition) is 2. The normalized spacial score (nSPS) is 10.9. The van der Waals surface area contributed by atoms with Crippen molar-refractivity contribution in [1.29, 1.82) is 0 Å². The van der Waals surface area contributed by atoms with E-state index in [1.54, 1.807) is 0 Å². The molecule has 26 heavy (non-hydrogen) atoms. The third kappa shape index (κ3) is 3.52. The quantitative estimate of drug-likeness (QED) is 0.596. The Kier molecular flexibility index (Phi) is 5.43. The van der Waals surface area contributed by atoms with Crippen LogP contribution in [0, 0.1) is 18.6 Å². The van der Waals surface area contributed by atoms with Gasteiger partial charge in [0.15, 0.2) is 10.6 Å². The Morgan fingerprint density at radius 1 is 1.35 bits per heavy atom. The van der Waals surface area contributed by atoms with Crippen LogP contribution in [0.1, 0.15) is 34.5 Å². The maximum absolute atomic E-state index is 12.7. The number of aryl methyl sites for hydroxylation is 1. The average molecular weight is 434 g/mol. The third-order valence-corrected chi connectivity index (χ3v) is 5.11. The molecule has 0 bridgehead atoms. The molecule has 0 aliphatic carbocycles. The fourth-order valence-corrected chi connectivity index (χ4v) is 3.74. The zero-order chi connectivity index (χ0) is 18.8. The maximum Gasteiger partial charge on any atom is 0.253 e. The van der Waals surface area contributed by atoms with Crippen LogP contribution in [-0.4, -0.2) is 25.2 Å². The number of benzene rings is 1. The summed E-state index contributed by atoms with van der Waals surface area (Å²) in [6.07, 6.45) is 0. The van der Waals surface area contributed by atoms with Crippen molar-refractivity contribution < 1.29 is 4.79 Å². The smallest absolute Gasteiger partial charge is 0.253 e. The van der Waals surface area contributed by atoms with E-state index in [0.29, 0.717) is 29.2 Å². The van der Waals surface area contributed by atoms with E-state index in [9.17, 15) is 4.79 Å². The van der Waals surface area contributed by atoms with Gasteiger partial charge in [0, 0.05) is 28.1 Å². The number of aromatic amines is 1. The minimum absolute atomic E-state index is 0.129. The van der Waals surface area contributed by atoms with E-state index in [2.05, 4.69) is 36.0 Å². The lowest BCUT2D eigenvalue weighted by Crippen LogP contribution is -2.25. The fraction of sp³-hybridized carbons (Fsp3) is 0.278. The molecule has 1 amide bonds. The van der Waals surface area contributed by atoms with Crippen molar-refractivity contribution in [1.82, 2.24) is 24.6 Å². The standard InChI is InChI=1S/C18H20BrN5OS/c1-4-23-16(21-22-18(23)26)10-20-17(25)15-8-11(2)24(12(15)3)14-7-5-6-13(19)9-14/h5-9H,4,10H2,1-3H3,(H,20,25)(H,22,26). The van der Waals surface area contributed by atoms with E-state index in [1.807, 2.05) is 55.7 Å². The Morgan fingerprint density at radius 2 is 2.12 bits per heavy atom. The molecule has 6 nitrogen and oxygen atoms in total. The maximum atomic E-state index is 12.7. The number of carbonyl (C=O) groups is 1. The highest BCUT2D eigenvalue weighted by molar-refractivity contribution is 9.10. The van der Waals surface area contributed by atoms with Gasteiger partial charge in [-0.1, -0.05) is 22.0 Å². The van der Waals surface area contributed by atoms with Gasteiger partial charge in [-0.3, -0.25) is 9.89 Å². The SMILES string of the molecule is CCn1c(CNC(=O)c2cc(C)n(-c3cccc(Br)c3)c2C)n[nH]c1=S. The van der Waals surface area contributed by atoms with Crippen molar-refractivity contribution in [2.75, 3.05) is 0 Å². The van der Waals surface area contributed by atoms with E-state index < -0.39 is 0 Å². The van der Waals surface area contributed by atoms with E-state index in [4.69, 9.17) is 12.2 Å². The van der Waals surface area contributed by atoms with Gasteiger partial charge < -0.3 is 14.5 Å². The first-order valence-corrected chi connectivity index (χ1v) is 9.49. The Bertz CT molecular complexity index is 1020. The second-order valence-corrected chi connectivity index (χ2v) is 7.27. The minimum Gasteiger partial charge on any atom is -0.345 e. The van der Waals surface area contributed by atoms with E-state index >= 15 is 0 Å². The Hall–Kier alpha value is -2.19. The van der Waals surface area contributed by atoms with Crippen molar-refractivity contribution in [3.63, 3.8) is 0 Å². The van der Waals surface area contributed by atoms with Crippen molar-refractivity contribution in [3.8, 4) is 5.69 Å². The number of hydrogen-bond acceptors (Lipinski definition) is 3. The summed E-state index contributed by atoms with van der Waals surface area (Å²) in [7, 11) is 0. The summed E-state index contributed by atoms with van der Waals surface area (Å²) in [5.74, 6) is 0.586. The van der Waals surface area contributed by atoms with Crippen LogP contribution in [0.25, 0.3) is 5.69 Å². The molecule has 0 radical (unpaired) electrons. The Labute approximate surface area is 165 Å². The topological polar surface area (TPSA) is 67.6 Å². The number of rotatable bonds is 5. The van der Waals surface area contributed by atoms with Crippen molar-refractivity contribution >= 4 is 34.1 Å². The molecule has 2 aromatic heterocycles. The molecule has 8 heteroatoms. The van der Waals surface area contributed by atoms with Crippen LogP contribution in [0.4, 0.5) is 0 Å². The number of H-pyrrole nitrogens is 1. The van der Waals surface area contributed by atoms with Crippen LogP contribution in [0.5, 0.6) is 0 Å². The molecular weight excluding hydrogens is 414 g/mol. The van der Waals surface area contributed by atoms with Crippen LogP contribution in [0.2, 0.25) is 0 Å². The van der Waals surface area contributed by atoms with E-state index in [-0.39, 0.29) is 5.91 Å². The van der Waals surface area contributed by atoms with Gasteiger partial charge in [0.05, 0.1) is 12.1 Å². The molecule has 0 aliphatic rings. The average Bonchev–Trinajstić information content (AvgIpc) is 3.11. The summed E-state index contributed by atoms with van der Waals surface area (Å²) in [6, 6.07) is 9.91. The first kappa shape index (κ1) is 18.6. The lowest BCUT2D eigenvalue weighted by Gasteiger charge is -2.10. The van der Waals surface area contributed by atoms with Gasteiger partial charge in [-0.2, -0.15) is 5.10 Å². The van der Waals surface area contributed by atoms with Crippen LogP contribution < -0.4 is 5.32 Å². The highest BCUT2D eigenvalue weighted by atomic mass is 79.9. The molecule has 0 fully saturated rings. The summed E-state index contributed by atoms with van der Waals surface area (Å²) in [5.41, 5.74) is 3.56. The largest absolute Gasteiger partial charge is 0.345 e. The van der Waals surface area contributed by atoms with Gasteiger partial charge in [-0.15, -0.1) is 0 Å². The lowest BCUT2D eigenvalue weighted by molar-refractivity contribution is 0.0949. The summed E-state index contributed by atoms with van der Waals surface area (Å²) in [6.45, 7) is 6.96. The third-order valence-electron chi connectivity index (χ3n) is 4.30. The molecule has 136 valence electrons. The van der Waals surface area contributed by atoms with E-state index in [1.165, 1.54) is 0 Å². The number of nitrogens with zero attached hydrogens (tertiary/aromatic N) is 3. The molecule has 0 saturated carbocycles. The number of halogens is 1. The van der Waals surface area contributed by atoms with Gasteiger partial charge in [0.1, 0.15) is 0 Å². The van der Waals surface area contributed by atoms with Crippen molar-refractivity contribution in [2.45, 2.75) is 33.9 Å². The number of nitrogens with one attached hydrogen (secondary N) is 2. The Morgan fingerprint density at radius 3 is 2.81 bits per heavy atom. The predicted octanol–water partition coefficient (Wildman–Crippen LogP) is 4.06. The lowest BCUT2D eigenvalue weighted by atomic mass is 10.2. The van der Waals surface area contributed by atoms with E-state index in [0.717, 1.165) is 21.5 Å². The number of amides is 1. The highest BCUT2D eigenvalue weighted by Crippen LogP contribution is 2.23. The zero-order valence-electron chi connectivity index (χ0n) is 14.8. The molecule has 1 aromatic carbocycles. The minimum atomic E-state index is -0.129.